The van der Waals surface area contributed by atoms with Gasteiger partial charge in [-0.15, -0.1) is 0 Å². The minimum absolute atomic E-state index is 0.207. The number of aliphatic hydroxyl groups is 5. The van der Waals surface area contributed by atoms with Crippen LogP contribution in [0.4, 0.5) is 0 Å². The third-order valence-corrected chi connectivity index (χ3v) is 13.2. The van der Waals surface area contributed by atoms with E-state index >= 15 is 0 Å². The molecule has 0 saturated carbocycles. The van der Waals surface area contributed by atoms with Gasteiger partial charge in [0.05, 0.1) is 25.4 Å². The number of carbonyl (C=O) groups is 1. The summed E-state index contributed by atoms with van der Waals surface area (Å²) >= 11 is 0. The predicted octanol–water partition coefficient (Wildman–Crippen LogP) is 14.2. The van der Waals surface area contributed by atoms with Gasteiger partial charge in [-0.05, 0) is 83.5 Å². The Morgan fingerprint density at radius 2 is 0.900 bits per heavy atom. The standard InChI is InChI=1S/C61H107NO8/c1-3-5-7-9-11-13-15-17-19-21-23-24-25-26-27-28-29-30-31-33-34-36-38-40-42-44-46-48-50-55(64)54(53-69-61-60(68)59(67)58(66)56(52-63)70-61)62-57(65)51-49-47-45-43-41-39-37-35-32-22-20-18-16-14-12-10-8-6-4-2/h6,8,12,14,18,20,32-35,40,42,48,50,54-56,58-61,63-64,66-68H,3-5,7,9-11,13,15-17,19,21-31,36-39,41,43-47,49,51-53H2,1-2H3,(H,62,65)/b8-6-,14-12-,20-18-,34-33+,35-32-,42-40+,50-48+. The zero-order valence-corrected chi connectivity index (χ0v) is 44.7. The van der Waals surface area contributed by atoms with Crippen LogP contribution in [-0.4, -0.2) is 87.5 Å². The van der Waals surface area contributed by atoms with Crippen molar-refractivity contribution >= 4 is 5.91 Å². The van der Waals surface area contributed by atoms with E-state index in [2.05, 4.69) is 92.1 Å². The van der Waals surface area contributed by atoms with Crippen molar-refractivity contribution in [1.82, 2.24) is 5.32 Å². The van der Waals surface area contributed by atoms with Crippen molar-refractivity contribution < 1.29 is 39.8 Å². The molecule has 7 unspecified atom stereocenters. The average Bonchev–Trinajstić information content (AvgIpc) is 3.36. The number of nitrogens with one attached hydrogen (secondary N) is 1. The first kappa shape index (κ1) is 65.4. The Hall–Kier alpha value is -2.63. The van der Waals surface area contributed by atoms with E-state index in [9.17, 15) is 30.3 Å². The van der Waals surface area contributed by atoms with Crippen molar-refractivity contribution in [3.05, 3.63) is 85.1 Å². The van der Waals surface area contributed by atoms with Crippen LogP contribution in [0.1, 0.15) is 239 Å². The van der Waals surface area contributed by atoms with E-state index in [0.29, 0.717) is 6.42 Å². The van der Waals surface area contributed by atoms with E-state index in [1.165, 1.54) is 122 Å². The molecular weight excluding hydrogens is 875 g/mol. The molecule has 0 radical (unpaired) electrons. The summed E-state index contributed by atoms with van der Waals surface area (Å²) in [7, 11) is 0. The van der Waals surface area contributed by atoms with Crippen molar-refractivity contribution in [2.24, 2.45) is 0 Å². The summed E-state index contributed by atoms with van der Waals surface area (Å²) in [6, 6.07) is -0.842. The van der Waals surface area contributed by atoms with Crippen LogP contribution >= 0.6 is 0 Å². The normalized spacial score (nSPS) is 20.0. The molecule has 9 nitrogen and oxygen atoms in total. The van der Waals surface area contributed by atoms with Crippen LogP contribution in [-0.2, 0) is 14.3 Å². The molecule has 0 aliphatic carbocycles. The molecule has 0 aromatic carbocycles. The Kier molecular flexibility index (Phi) is 46.6. The Morgan fingerprint density at radius 3 is 1.37 bits per heavy atom. The smallest absolute Gasteiger partial charge is 0.220 e. The Morgan fingerprint density at radius 1 is 0.500 bits per heavy atom. The Labute approximate surface area is 429 Å². The zero-order chi connectivity index (χ0) is 50.8. The van der Waals surface area contributed by atoms with Gasteiger partial charge in [0, 0.05) is 6.42 Å². The first-order valence-corrected chi connectivity index (χ1v) is 28.8. The van der Waals surface area contributed by atoms with Crippen LogP contribution < -0.4 is 5.32 Å². The number of ether oxygens (including phenoxy) is 2. The SMILES string of the molecule is CC/C=C\C/C=C\C/C=C\C/C=C\CCCCCCCCC(=O)NC(COC1OC(CO)C(O)C(O)C1O)C(O)/C=C/CC/C=C/CC/C=C/CCCCCCCCCCCCCCCCCCCC. The molecule has 7 atom stereocenters. The van der Waals surface area contributed by atoms with Crippen molar-refractivity contribution in [2.45, 2.75) is 281 Å². The molecule has 0 aromatic rings. The summed E-state index contributed by atoms with van der Waals surface area (Å²) in [6.45, 7) is 3.64. The van der Waals surface area contributed by atoms with Crippen LogP contribution in [0.5, 0.6) is 0 Å². The largest absolute Gasteiger partial charge is 0.394 e. The molecule has 1 fully saturated rings. The number of allylic oxidation sites excluding steroid dienone is 13. The minimum atomic E-state index is -1.58. The van der Waals surface area contributed by atoms with Gasteiger partial charge in [-0.1, -0.05) is 234 Å². The summed E-state index contributed by atoms with van der Waals surface area (Å²) in [5, 5.41) is 54.5. The average molecular weight is 983 g/mol. The van der Waals surface area contributed by atoms with Gasteiger partial charge in [0.25, 0.3) is 0 Å². The molecule has 1 aliphatic rings. The molecule has 1 amide bonds. The molecular formula is C61H107NO8. The van der Waals surface area contributed by atoms with E-state index in [4.69, 9.17) is 9.47 Å². The lowest BCUT2D eigenvalue weighted by atomic mass is 9.99. The number of aliphatic hydroxyl groups excluding tert-OH is 5. The van der Waals surface area contributed by atoms with Crippen LogP contribution in [0.15, 0.2) is 85.1 Å². The van der Waals surface area contributed by atoms with Gasteiger partial charge in [0.2, 0.25) is 5.91 Å². The summed E-state index contributed by atoms with van der Waals surface area (Å²) in [5.41, 5.74) is 0. The van der Waals surface area contributed by atoms with E-state index in [0.717, 1.165) is 96.3 Å². The van der Waals surface area contributed by atoms with Crippen molar-refractivity contribution in [1.29, 1.82) is 0 Å². The lowest BCUT2D eigenvalue weighted by Crippen LogP contribution is -2.60. The lowest BCUT2D eigenvalue weighted by Gasteiger charge is -2.40. The van der Waals surface area contributed by atoms with Gasteiger partial charge in [-0.25, -0.2) is 0 Å². The number of amides is 1. The number of unbranched alkanes of at least 4 members (excludes halogenated alkanes) is 26. The summed E-state index contributed by atoms with van der Waals surface area (Å²) in [6.07, 6.45) is 63.7. The van der Waals surface area contributed by atoms with Crippen LogP contribution in [0.2, 0.25) is 0 Å². The highest BCUT2D eigenvalue weighted by atomic mass is 16.7. The monoisotopic (exact) mass is 982 g/mol. The van der Waals surface area contributed by atoms with Crippen molar-refractivity contribution in [3.63, 3.8) is 0 Å². The van der Waals surface area contributed by atoms with Crippen molar-refractivity contribution in [3.8, 4) is 0 Å². The highest BCUT2D eigenvalue weighted by Crippen LogP contribution is 2.23. The van der Waals surface area contributed by atoms with E-state index in [-0.39, 0.29) is 12.5 Å². The molecule has 404 valence electrons. The summed E-state index contributed by atoms with van der Waals surface area (Å²) in [4.78, 5) is 13.0. The third-order valence-electron chi connectivity index (χ3n) is 13.2. The maximum Gasteiger partial charge on any atom is 0.220 e. The van der Waals surface area contributed by atoms with E-state index in [1.807, 2.05) is 6.08 Å². The molecule has 0 bridgehead atoms. The Bertz CT molecular complexity index is 1370. The fourth-order valence-electron chi connectivity index (χ4n) is 8.65. The summed E-state index contributed by atoms with van der Waals surface area (Å²) < 4.78 is 11.2. The van der Waals surface area contributed by atoms with Gasteiger partial charge in [0.15, 0.2) is 6.29 Å². The van der Waals surface area contributed by atoms with Gasteiger partial charge in [0.1, 0.15) is 24.4 Å². The van der Waals surface area contributed by atoms with Crippen LogP contribution in [0, 0.1) is 0 Å². The first-order valence-electron chi connectivity index (χ1n) is 28.8. The fraction of sp³-hybridized carbons (Fsp3) is 0.754. The van der Waals surface area contributed by atoms with Crippen molar-refractivity contribution in [2.75, 3.05) is 13.2 Å². The second-order valence-corrected chi connectivity index (χ2v) is 19.7. The third kappa shape index (κ3) is 39.0. The molecule has 1 saturated heterocycles. The highest BCUT2D eigenvalue weighted by molar-refractivity contribution is 5.76. The maximum absolute atomic E-state index is 13.0. The van der Waals surface area contributed by atoms with Gasteiger partial charge >= 0.3 is 0 Å². The molecule has 0 aromatic heterocycles. The lowest BCUT2D eigenvalue weighted by molar-refractivity contribution is -0.302. The quantitative estimate of drug-likeness (QED) is 0.0261. The van der Waals surface area contributed by atoms with Gasteiger partial charge in [-0.3, -0.25) is 4.79 Å². The number of hydrogen-bond donors (Lipinski definition) is 6. The summed E-state index contributed by atoms with van der Waals surface area (Å²) in [5.74, 6) is -0.207. The highest BCUT2D eigenvalue weighted by Gasteiger charge is 2.44. The van der Waals surface area contributed by atoms with Gasteiger partial charge < -0.3 is 40.3 Å². The molecule has 1 heterocycles. The number of rotatable bonds is 48. The number of hydrogen-bond acceptors (Lipinski definition) is 8. The van der Waals surface area contributed by atoms with E-state index < -0.39 is 49.5 Å². The van der Waals surface area contributed by atoms with Crippen LogP contribution in [0.3, 0.4) is 0 Å². The van der Waals surface area contributed by atoms with Gasteiger partial charge in [-0.2, -0.15) is 0 Å². The predicted molar refractivity (Wildman–Crippen MR) is 295 cm³/mol. The topological polar surface area (TPSA) is 149 Å². The second kappa shape index (κ2) is 49.9. The first-order chi connectivity index (χ1) is 34.3. The number of carbonyl (C=O) groups excluding carboxylic acids is 1. The zero-order valence-electron chi connectivity index (χ0n) is 44.7. The Balaban J connectivity index is 2.27. The molecule has 70 heavy (non-hydrogen) atoms. The molecule has 1 aliphatic heterocycles. The molecule has 1 rings (SSSR count). The molecule has 6 N–H and O–H groups in total. The van der Waals surface area contributed by atoms with E-state index in [1.54, 1.807) is 6.08 Å². The maximum atomic E-state index is 13.0. The molecule has 9 heteroatoms. The van der Waals surface area contributed by atoms with Crippen LogP contribution in [0.25, 0.3) is 0 Å². The second-order valence-electron chi connectivity index (χ2n) is 19.7. The minimum Gasteiger partial charge on any atom is -0.394 e. The fourth-order valence-corrected chi connectivity index (χ4v) is 8.65. The molecule has 0 spiro atoms.